The van der Waals surface area contributed by atoms with Gasteiger partial charge in [0.1, 0.15) is 5.82 Å². The van der Waals surface area contributed by atoms with E-state index in [0.717, 1.165) is 17.8 Å². The summed E-state index contributed by atoms with van der Waals surface area (Å²) < 4.78 is 52.9. The monoisotopic (exact) mass is 329 g/mol. The Labute approximate surface area is 128 Å². The van der Waals surface area contributed by atoms with Gasteiger partial charge in [-0.1, -0.05) is 12.1 Å². The molecular weight excluding hydrogens is 318 g/mol. The molecule has 0 unspecified atom stereocenters. The lowest BCUT2D eigenvalue weighted by Crippen LogP contribution is -2.23. The summed E-state index contributed by atoms with van der Waals surface area (Å²) in [4.78, 5) is 12.2. The van der Waals surface area contributed by atoms with Crippen molar-refractivity contribution in [1.29, 1.82) is 0 Å². The molecule has 0 aliphatic heterocycles. The average Bonchev–Trinajstić information content (AvgIpc) is 2.50. The Morgan fingerprint density at radius 1 is 1.00 bits per heavy atom. The van der Waals surface area contributed by atoms with E-state index < -0.39 is 40.1 Å². The minimum Gasteiger partial charge on any atom is -0.323 e. The van der Waals surface area contributed by atoms with Crippen LogP contribution in [0.2, 0.25) is 0 Å². The fourth-order valence-electron chi connectivity index (χ4n) is 1.64. The largest absolute Gasteiger partial charge is 0.323 e. The molecule has 0 spiro atoms. The van der Waals surface area contributed by atoms with Crippen molar-refractivity contribution >= 4 is 23.4 Å². The Morgan fingerprint density at radius 2 is 1.68 bits per heavy atom. The second-order valence-corrected chi connectivity index (χ2v) is 5.79. The van der Waals surface area contributed by atoms with E-state index in [9.17, 15) is 22.4 Å². The Balaban J connectivity index is 2.09. The van der Waals surface area contributed by atoms with E-state index in [-0.39, 0.29) is 4.90 Å². The number of carbonyl (C=O) groups excluding carboxylic acids is 1. The number of carbonyl (C=O) groups is 1. The first-order chi connectivity index (χ1) is 10.4. The van der Waals surface area contributed by atoms with E-state index in [1.165, 1.54) is 25.1 Å². The molecule has 2 aromatic rings. The molecule has 0 aromatic heterocycles. The van der Waals surface area contributed by atoms with Crippen LogP contribution in [0.1, 0.15) is 6.92 Å². The highest BCUT2D eigenvalue weighted by atomic mass is 32.2. The van der Waals surface area contributed by atoms with Gasteiger partial charge in [-0.05, 0) is 31.2 Å². The molecule has 2 rings (SSSR count). The summed E-state index contributed by atoms with van der Waals surface area (Å²) in [5, 5.41) is 1.39. The molecule has 1 atom stereocenters. The van der Waals surface area contributed by atoms with E-state index in [1.807, 2.05) is 0 Å². The topological polar surface area (TPSA) is 29.1 Å². The van der Waals surface area contributed by atoms with Crippen molar-refractivity contribution in [2.24, 2.45) is 0 Å². The minimum absolute atomic E-state index is 0.260. The van der Waals surface area contributed by atoms with Crippen LogP contribution in [0.4, 0.5) is 23.2 Å². The van der Waals surface area contributed by atoms with Gasteiger partial charge in [0.05, 0.1) is 10.9 Å². The molecule has 0 aliphatic rings. The van der Waals surface area contributed by atoms with E-state index in [4.69, 9.17) is 0 Å². The van der Waals surface area contributed by atoms with Crippen LogP contribution in [0.25, 0.3) is 0 Å². The molecule has 0 radical (unpaired) electrons. The molecule has 0 bridgehead atoms. The minimum atomic E-state index is -1.66. The van der Waals surface area contributed by atoms with Crippen LogP contribution in [0.5, 0.6) is 0 Å². The van der Waals surface area contributed by atoms with Gasteiger partial charge in [-0.15, -0.1) is 11.8 Å². The third-order valence-corrected chi connectivity index (χ3v) is 3.96. The van der Waals surface area contributed by atoms with Gasteiger partial charge in [0, 0.05) is 4.90 Å². The zero-order valence-corrected chi connectivity index (χ0v) is 12.2. The number of halogens is 4. The van der Waals surface area contributed by atoms with E-state index in [2.05, 4.69) is 5.32 Å². The molecular formula is C15H11F4NOS. The third-order valence-electron chi connectivity index (χ3n) is 2.80. The van der Waals surface area contributed by atoms with E-state index >= 15 is 0 Å². The van der Waals surface area contributed by atoms with Gasteiger partial charge in [-0.2, -0.15) is 0 Å². The molecule has 0 saturated heterocycles. The summed E-state index contributed by atoms with van der Waals surface area (Å²) in [6.07, 6.45) is 0. The Kier molecular flexibility index (Phi) is 5.07. The van der Waals surface area contributed by atoms with Crippen LogP contribution in [-0.4, -0.2) is 11.2 Å². The summed E-state index contributed by atoms with van der Waals surface area (Å²) in [5.41, 5.74) is -0.468. The number of hydrogen-bond donors (Lipinski definition) is 1. The SMILES string of the molecule is C[C@H](Sc1ccccc1F)C(=O)Nc1ccc(F)c(F)c1F. The quantitative estimate of drug-likeness (QED) is 0.513. The predicted octanol–water partition coefficient (Wildman–Crippen LogP) is 4.36. The Bertz CT molecular complexity index is 708. The first-order valence-electron chi connectivity index (χ1n) is 6.25. The maximum Gasteiger partial charge on any atom is 0.237 e. The van der Waals surface area contributed by atoms with Gasteiger partial charge in [0.15, 0.2) is 17.5 Å². The first kappa shape index (κ1) is 16.4. The third kappa shape index (κ3) is 3.59. The number of hydrogen-bond acceptors (Lipinski definition) is 2. The van der Waals surface area contributed by atoms with Crippen LogP contribution >= 0.6 is 11.8 Å². The lowest BCUT2D eigenvalue weighted by atomic mass is 10.2. The summed E-state index contributed by atoms with van der Waals surface area (Å²) in [5.74, 6) is -5.61. The smallest absolute Gasteiger partial charge is 0.237 e. The molecule has 1 amide bonds. The van der Waals surface area contributed by atoms with Gasteiger partial charge in [0.25, 0.3) is 0 Å². The van der Waals surface area contributed by atoms with Gasteiger partial charge in [-0.3, -0.25) is 4.79 Å². The standard InChI is InChI=1S/C15H11F4NOS/c1-8(22-12-5-3-2-4-9(12)16)15(21)20-11-7-6-10(17)13(18)14(11)19/h2-8H,1H3,(H,20,21)/t8-/m0/s1. The molecule has 116 valence electrons. The highest BCUT2D eigenvalue weighted by Crippen LogP contribution is 2.27. The number of rotatable bonds is 4. The van der Waals surface area contributed by atoms with Crippen molar-refractivity contribution in [3.8, 4) is 0 Å². The lowest BCUT2D eigenvalue weighted by Gasteiger charge is -2.13. The van der Waals surface area contributed by atoms with Gasteiger partial charge >= 0.3 is 0 Å². The first-order valence-corrected chi connectivity index (χ1v) is 7.13. The summed E-state index contributed by atoms with van der Waals surface area (Å²) in [6.45, 7) is 1.49. The number of anilines is 1. The molecule has 0 aliphatic carbocycles. The molecule has 0 heterocycles. The molecule has 0 fully saturated rings. The van der Waals surface area contributed by atoms with Crippen LogP contribution in [0, 0.1) is 23.3 Å². The fraction of sp³-hybridized carbons (Fsp3) is 0.133. The number of benzene rings is 2. The maximum atomic E-state index is 13.5. The van der Waals surface area contributed by atoms with Crippen molar-refractivity contribution in [2.75, 3.05) is 5.32 Å². The summed E-state index contributed by atoms with van der Waals surface area (Å²) in [6, 6.07) is 7.52. The number of nitrogens with one attached hydrogen (secondary N) is 1. The van der Waals surface area contributed by atoms with Crippen molar-refractivity contribution < 1.29 is 22.4 Å². The number of thioether (sulfide) groups is 1. The molecule has 2 nitrogen and oxygen atoms in total. The lowest BCUT2D eigenvalue weighted by molar-refractivity contribution is -0.115. The second kappa shape index (κ2) is 6.83. The fourth-order valence-corrected chi connectivity index (χ4v) is 2.53. The summed E-state index contributed by atoms with van der Waals surface area (Å²) in [7, 11) is 0. The maximum absolute atomic E-state index is 13.5. The van der Waals surface area contributed by atoms with Gasteiger partial charge in [0.2, 0.25) is 5.91 Å². The zero-order chi connectivity index (χ0) is 16.3. The van der Waals surface area contributed by atoms with Crippen LogP contribution < -0.4 is 5.32 Å². The van der Waals surface area contributed by atoms with Crippen LogP contribution in [-0.2, 0) is 4.79 Å². The molecule has 1 N–H and O–H groups in total. The molecule has 2 aromatic carbocycles. The predicted molar refractivity (Wildman–Crippen MR) is 76.7 cm³/mol. The Hall–Kier alpha value is -2.02. The second-order valence-electron chi connectivity index (χ2n) is 4.40. The van der Waals surface area contributed by atoms with Crippen molar-refractivity contribution in [3.05, 3.63) is 59.7 Å². The van der Waals surface area contributed by atoms with Crippen molar-refractivity contribution in [1.82, 2.24) is 0 Å². The highest BCUT2D eigenvalue weighted by Gasteiger charge is 2.20. The summed E-state index contributed by atoms with van der Waals surface area (Å²) >= 11 is 0.933. The Morgan fingerprint density at radius 3 is 2.36 bits per heavy atom. The molecule has 22 heavy (non-hydrogen) atoms. The van der Waals surface area contributed by atoms with Gasteiger partial charge in [-0.25, -0.2) is 17.6 Å². The van der Waals surface area contributed by atoms with Crippen LogP contribution in [0.3, 0.4) is 0 Å². The average molecular weight is 329 g/mol. The number of amides is 1. The molecule has 7 heteroatoms. The zero-order valence-electron chi connectivity index (χ0n) is 11.4. The molecule has 0 saturated carbocycles. The van der Waals surface area contributed by atoms with E-state index in [0.29, 0.717) is 6.07 Å². The van der Waals surface area contributed by atoms with Crippen LogP contribution in [0.15, 0.2) is 41.3 Å². The van der Waals surface area contributed by atoms with Crippen molar-refractivity contribution in [2.45, 2.75) is 17.1 Å². The van der Waals surface area contributed by atoms with E-state index in [1.54, 1.807) is 6.07 Å². The van der Waals surface area contributed by atoms with Gasteiger partial charge < -0.3 is 5.32 Å². The highest BCUT2D eigenvalue weighted by molar-refractivity contribution is 8.00. The normalized spacial score (nSPS) is 12.0. The van der Waals surface area contributed by atoms with Crippen molar-refractivity contribution in [3.63, 3.8) is 0 Å².